The number of rotatable bonds is 2. The minimum Gasteiger partial charge on any atom is -0.472 e. The number of fused-ring (bicyclic) bond motifs is 2. The van der Waals surface area contributed by atoms with Gasteiger partial charge in [0.1, 0.15) is 6.26 Å². The van der Waals surface area contributed by atoms with Crippen LogP contribution in [0.5, 0.6) is 0 Å². The number of carbonyl (C=O) groups is 1. The third kappa shape index (κ3) is 1.97. The Morgan fingerprint density at radius 2 is 2.12 bits per heavy atom. The van der Waals surface area contributed by atoms with Crippen molar-refractivity contribution in [3.05, 3.63) is 24.2 Å². The molecule has 2 aliphatic heterocycles. The average Bonchev–Trinajstić information content (AvgIpc) is 2.97. The molecule has 0 radical (unpaired) electrons. The first-order valence-electron chi connectivity index (χ1n) is 6.29. The zero-order valence-electron chi connectivity index (χ0n) is 10.1. The molecule has 0 aromatic carbocycles. The Bertz CT molecular complexity index is 390. The van der Waals surface area contributed by atoms with Crippen molar-refractivity contribution < 1.29 is 9.21 Å². The van der Waals surface area contributed by atoms with Gasteiger partial charge in [-0.15, -0.1) is 0 Å². The molecule has 4 nitrogen and oxygen atoms in total. The monoisotopic (exact) mass is 234 g/mol. The summed E-state index contributed by atoms with van der Waals surface area (Å²) in [5, 5.41) is 3.59. The van der Waals surface area contributed by atoms with Crippen LogP contribution in [-0.4, -0.2) is 36.0 Å². The lowest BCUT2D eigenvalue weighted by Crippen LogP contribution is -2.48. The Kier molecular flexibility index (Phi) is 2.67. The van der Waals surface area contributed by atoms with E-state index in [4.69, 9.17) is 4.42 Å². The fraction of sp³-hybridized carbons (Fsp3) is 0.615. The molecule has 2 aliphatic rings. The predicted molar refractivity (Wildman–Crippen MR) is 63.8 cm³/mol. The Morgan fingerprint density at radius 1 is 1.41 bits per heavy atom. The van der Waals surface area contributed by atoms with E-state index in [-0.39, 0.29) is 5.91 Å². The molecule has 0 saturated carbocycles. The van der Waals surface area contributed by atoms with Gasteiger partial charge in [-0.1, -0.05) is 0 Å². The molecule has 2 fully saturated rings. The van der Waals surface area contributed by atoms with Crippen LogP contribution in [0, 0.1) is 0 Å². The minimum absolute atomic E-state index is 0.0741. The lowest BCUT2D eigenvalue weighted by molar-refractivity contribution is 0.0681. The predicted octanol–water partition coefficient (Wildman–Crippen LogP) is 1.63. The number of carbonyl (C=O) groups excluding carboxylic acids is 1. The molecular formula is C13H18N2O2. The highest BCUT2D eigenvalue weighted by Crippen LogP contribution is 2.29. The van der Waals surface area contributed by atoms with Crippen molar-refractivity contribution in [1.29, 1.82) is 0 Å². The number of nitrogens with one attached hydrogen (secondary N) is 1. The molecule has 1 amide bonds. The van der Waals surface area contributed by atoms with E-state index in [1.54, 1.807) is 12.3 Å². The smallest absolute Gasteiger partial charge is 0.257 e. The van der Waals surface area contributed by atoms with Crippen LogP contribution in [0.15, 0.2) is 23.0 Å². The van der Waals surface area contributed by atoms with Gasteiger partial charge in [-0.2, -0.15) is 0 Å². The zero-order chi connectivity index (χ0) is 11.8. The second-order valence-corrected chi connectivity index (χ2v) is 5.19. The van der Waals surface area contributed by atoms with Gasteiger partial charge < -0.3 is 14.6 Å². The third-order valence-electron chi connectivity index (χ3n) is 4.08. The highest BCUT2D eigenvalue weighted by atomic mass is 16.3. The van der Waals surface area contributed by atoms with Crippen LogP contribution < -0.4 is 5.32 Å². The van der Waals surface area contributed by atoms with E-state index in [9.17, 15) is 4.79 Å². The van der Waals surface area contributed by atoms with Gasteiger partial charge >= 0.3 is 0 Å². The van der Waals surface area contributed by atoms with Crippen LogP contribution in [0.3, 0.4) is 0 Å². The van der Waals surface area contributed by atoms with Crippen molar-refractivity contribution in [2.75, 3.05) is 7.05 Å². The van der Waals surface area contributed by atoms with Crippen molar-refractivity contribution in [3.63, 3.8) is 0 Å². The van der Waals surface area contributed by atoms with Gasteiger partial charge in [-0.05, 0) is 31.7 Å². The summed E-state index contributed by atoms with van der Waals surface area (Å²) < 4.78 is 4.97. The van der Waals surface area contributed by atoms with Gasteiger partial charge in [-0.3, -0.25) is 4.79 Å². The largest absolute Gasteiger partial charge is 0.472 e. The van der Waals surface area contributed by atoms with Crippen LogP contribution in [-0.2, 0) is 0 Å². The van der Waals surface area contributed by atoms with E-state index in [0.29, 0.717) is 23.7 Å². The second-order valence-electron chi connectivity index (χ2n) is 5.19. The molecule has 0 aliphatic carbocycles. The van der Waals surface area contributed by atoms with Crippen molar-refractivity contribution in [3.8, 4) is 0 Å². The lowest BCUT2D eigenvalue weighted by Gasteiger charge is -2.35. The number of piperidine rings is 1. The van der Waals surface area contributed by atoms with Crippen molar-refractivity contribution in [2.24, 2.45) is 0 Å². The summed E-state index contributed by atoms with van der Waals surface area (Å²) >= 11 is 0. The SMILES string of the molecule is CN(C(=O)c1ccoc1)C1CC2CCC(C1)N2. The molecule has 1 aromatic rings. The summed E-state index contributed by atoms with van der Waals surface area (Å²) in [4.78, 5) is 14.1. The third-order valence-corrected chi connectivity index (χ3v) is 4.08. The van der Waals surface area contributed by atoms with Gasteiger partial charge in [0.05, 0.1) is 11.8 Å². The fourth-order valence-electron chi connectivity index (χ4n) is 3.10. The molecule has 1 aromatic heterocycles. The molecule has 2 saturated heterocycles. The molecular weight excluding hydrogens is 216 g/mol. The number of furan rings is 1. The molecule has 1 N–H and O–H groups in total. The van der Waals surface area contributed by atoms with Gasteiger partial charge in [0.25, 0.3) is 5.91 Å². The van der Waals surface area contributed by atoms with E-state index >= 15 is 0 Å². The van der Waals surface area contributed by atoms with Crippen LogP contribution in [0.4, 0.5) is 0 Å². The lowest BCUT2D eigenvalue weighted by atomic mass is 9.98. The quantitative estimate of drug-likeness (QED) is 0.846. The Morgan fingerprint density at radius 3 is 2.71 bits per heavy atom. The zero-order valence-corrected chi connectivity index (χ0v) is 10.1. The van der Waals surface area contributed by atoms with E-state index < -0.39 is 0 Å². The number of nitrogens with zero attached hydrogens (tertiary/aromatic N) is 1. The summed E-state index contributed by atoms with van der Waals surface area (Å²) in [7, 11) is 1.91. The normalized spacial score (nSPS) is 31.5. The van der Waals surface area contributed by atoms with Crippen molar-refractivity contribution in [2.45, 2.75) is 43.8 Å². The van der Waals surface area contributed by atoms with Crippen LogP contribution in [0.2, 0.25) is 0 Å². The molecule has 2 atom stereocenters. The summed E-state index contributed by atoms with van der Waals surface area (Å²) in [5.41, 5.74) is 0.651. The highest BCUT2D eigenvalue weighted by Gasteiger charge is 2.36. The first-order chi connectivity index (χ1) is 8.24. The molecule has 2 bridgehead atoms. The van der Waals surface area contributed by atoms with Gasteiger partial charge in [-0.25, -0.2) is 0 Å². The van der Waals surface area contributed by atoms with Gasteiger partial charge in [0.15, 0.2) is 0 Å². The van der Waals surface area contributed by atoms with Crippen molar-refractivity contribution in [1.82, 2.24) is 10.2 Å². The Balaban J connectivity index is 1.70. The number of amides is 1. The van der Waals surface area contributed by atoms with Crippen molar-refractivity contribution >= 4 is 5.91 Å². The Hall–Kier alpha value is -1.29. The molecule has 92 valence electrons. The van der Waals surface area contributed by atoms with Gasteiger partial charge in [0, 0.05) is 25.2 Å². The van der Waals surface area contributed by atoms with E-state index in [1.165, 1.54) is 19.1 Å². The minimum atomic E-state index is 0.0741. The molecule has 0 spiro atoms. The first kappa shape index (κ1) is 10.8. The molecule has 3 rings (SSSR count). The van der Waals surface area contributed by atoms with Crippen LogP contribution in [0.1, 0.15) is 36.0 Å². The molecule has 3 heterocycles. The number of hydrogen-bond acceptors (Lipinski definition) is 3. The fourth-order valence-corrected chi connectivity index (χ4v) is 3.10. The van der Waals surface area contributed by atoms with E-state index in [1.807, 2.05) is 11.9 Å². The maximum atomic E-state index is 12.2. The average molecular weight is 234 g/mol. The van der Waals surface area contributed by atoms with E-state index in [2.05, 4.69) is 5.32 Å². The summed E-state index contributed by atoms with van der Waals surface area (Å²) in [6.07, 6.45) is 7.75. The summed E-state index contributed by atoms with van der Waals surface area (Å²) in [6.45, 7) is 0. The molecule has 17 heavy (non-hydrogen) atoms. The van der Waals surface area contributed by atoms with Crippen LogP contribution >= 0.6 is 0 Å². The highest BCUT2D eigenvalue weighted by molar-refractivity contribution is 5.93. The maximum absolute atomic E-state index is 12.2. The van der Waals surface area contributed by atoms with Gasteiger partial charge in [0.2, 0.25) is 0 Å². The second kappa shape index (κ2) is 4.18. The molecule has 2 unspecified atom stereocenters. The standard InChI is InChI=1S/C13H18N2O2/c1-15(13(16)9-4-5-17-8-9)12-6-10-2-3-11(7-12)14-10/h4-5,8,10-12,14H,2-3,6-7H2,1H3. The summed E-state index contributed by atoms with van der Waals surface area (Å²) in [6, 6.07) is 3.32. The van der Waals surface area contributed by atoms with E-state index in [0.717, 1.165) is 12.8 Å². The topological polar surface area (TPSA) is 45.5 Å². The van der Waals surface area contributed by atoms with Crippen LogP contribution in [0.25, 0.3) is 0 Å². The summed E-state index contributed by atoms with van der Waals surface area (Å²) in [5.74, 6) is 0.0741. The molecule has 4 heteroatoms. The Labute approximate surface area is 101 Å². The first-order valence-corrected chi connectivity index (χ1v) is 6.29. The number of hydrogen-bond donors (Lipinski definition) is 1. The maximum Gasteiger partial charge on any atom is 0.257 e.